The molecule has 0 heterocycles. The van der Waals surface area contributed by atoms with E-state index in [0.717, 1.165) is 25.2 Å². The van der Waals surface area contributed by atoms with Crippen LogP contribution in [-0.4, -0.2) is 10.5 Å². The van der Waals surface area contributed by atoms with Crippen LogP contribution in [0.5, 0.6) is 5.75 Å². The second-order valence-electron chi connectivity index (χ2n) is 4.41. The van der Waals surface area contributed by atoms with Crippen molar-refractivity contribution in [2.75, 3.05) is 0 Å². The summed E-state index contributed by atoms with van der Waals surface area (Å²) in [5.74, 6) is 1.14. The van der Waals surface area contributed by atoms with Crippen LogP contribution in [0.4, 0.5) is 0 Å². The Balaban J connectivity index is 1.70. The second kappa shape index (κ2) is 4.89. The molecule has 1 unspecified atom stereocenters. The molecular formula is C13H17ClO. The van der Waals surface area contributed by atoms with E-state index in [1.54, 1.807) is 12.1 Å². The molecule has 2 rings (SSSR count). The Hall–Kier alpha value is -0.690. The molecule has 0 bridgehead atoms. The highest BCUT2D eigenvalue weighted by Crippen LogP contribution is 2.37. The molecule has 1 atom stereocenters. The van der Waals surface area contributed by atoms with Gasteiger partial charge in [-0.1, -0.05) is 12.1 Å². The van der Waals surface area contributed by atoms with Crippen molar-refractivity contribution in [3.63, 3.8) is 0 Å². The lowest BCUT2D eigenvalue weighted by molar-refractivity contribution is 0.475. The standard InChI is InChI=1S/C13H17ClO/c14-13(11-6-7-11)3-1-2-10-4-8-12(15)9-5-10/h4-5,8-9,11,13,15H,1-3,6-7H2. The number of benzene rings is 1. The third kappa shape index (κ3) is 3.42. The Morgan fingerprint density at radius 1 is 1.27 bits per heavy atom. The molecule has 1 aromatic rings. The number of aromatic hydroxyl groups is 1. The summed E-state index contributed by atoms with van der Waals surface area (Å²) in [7, 11) is 0. The molecule has 1 aliphatic carbocycles. The Morgan fingerprint density at radius 2 is 1.93 bits per heavy atom. The monoisotopic (exact) mass is 224 g/mol. The van der Waals surface area contributed by atoms with Crippen LogP contribution in [0.2, 0.25) is 0 Å². The van der Waals surface area contributed by atoms with Gasteiger partial charge < -0.3 is 5.11 Å². The fraction of sp³-hybridized carbons (Fsp3) is 0.538. The zero-order valence-electron chi connectivity index (χ0n) is 8.82. The molecule has 82 valence electrons. The minimum Gasteiger partial charge on any atom is -0.508 e. The summed E-state index contributed by atoms with van der Waals surface area (Å²) in [6, 6.07) is 7.45. The first kappa shape index (κ1) is 10.8. The first-order chi connectivity index (χ1) is 7.25. The highest BCUT2D eigenvalue weighted by molar-refractivity contribution is 6.20. The summed E-state index contributed by atoms with van der Waals surface area (Å²) >= 11 is 6.23. The summed E-state index contributed by atoms with van der Waals surface area (Å²) in [6.45, 7) is 0. The fourth-order valence-electron chi connectivity index (χ4n) is 1.86. The predicted octanol–water partition coefficient (Wildman–Crippen LogP) is 3.73. The lowest BCUT2D eigenvalue weighted by Crippen LogP contribution is -2.01. The van der Waals surface area contributed by atoms with Gasteiger partial charge in [-0.15, -0.1) is 11.6 Å². The topological polar surface area (TPSA) is 20.2 Å². The molecule has 2 heteroatoms. The lowest BCUT2D eigenvalue weighted by Gasteiger charge is -2.07. The number of hydrogen-bond donors (Lipinski definition) is 1. The summed E-state index contributed by atoms with van der Waals surface area (Å²) in [5.41, 5.74) is 1.28. The summed E-state index contributed by atoms with van der Waals surface area (Å²) in [5, 5.41) is 9.52. The van der Waals surface area contributed by atoms with Gasteiger partial charge >= 0.3 is 0 Å². The highest BCUT2D eigenvalue weighted by atomic mass is 35.5. The van der Waals surface area contributed by atoms with Crippen LogP contribution in [-0.2, 0) is 6.42 Å². The number of phenolic OH excluding ortho intramolecular Hbond substituents is 1. The van der Waals surface area contributed by atoms with E-state index in [1.807, 2.05) is 12.1 Å². The van der Waals surface area contributed by atoms with Crippen LogP contribution < -0.4 is 0 Å². The number of hydrogen-bond acceptors (Lipinski definition) is 1. The van der Waals surface area contributed by atoms with Crippen molar-refractivity contribution in [1.82, 2.24) is 0 Å². The number of halogens is 1. The van der Waals surface area contributed by atoms with Gasteiger partial charge in [0.25, 0.3) is 0 Å². The third-order valence-corrected chi connectivity index (χ3v) is 3.59. The maximum absolute atomic E-state index is 9.13. The van der Waals surface area contributed by atoms with Gasteiger partial charge in [0.15, 0.2) is 0 Å². The van der Waals surface area contributed by atoms with Gasteiger partial charge in [0.2, 0.25) is 0 Å². The first-order valence-electron chi connectivity index (χ1n) is 5.67. The Morgan fingerprint density at radius 3 is 2.53 bits per heavy atom. The van der Waals surface area contributed by atoms with Crippen molar-refractivity contribution in [3.05, 3.63) is 29.8 Å². The van der Waals surface area contributed by atoms with Crippen molar-refractivity contribution in [2.24, 2.45) is 5.92 Å². The molecule has 0 saturated heterocycles. The van der Waals surface area contributed by atoms with Crippen LogP contribution in [0.1, 0.15) is 31.2 Å². The maximum atomic E-state index is 9.13. The maximum Gasteiger partial charge on any atom is 0.115 e. The molecule has 1 fully saturated rings. The van der Waals surface area contributed by atoms with Gasteiger partial charge in [0.1, 0.15) is 5.75 Å². The van der Waals surface area contributed by atoms with Crippen molar-refractivity contribution in [2.45, 2.75) is 37.5 Å². The minimum absolute atomic E-state index is 0.340. The van der Waals surface area contributed by atoms with Gasteiger partial charge in [-0.05, 0) is 55.7 Å². The lowest BCUT2D eigenvalue weighted by atomic mass is 10.1. The van der Waals surface area contributed by atoms with Crippen molar-refractivity contribution in [1.29, 1.82) is 0 Å². The first-order valence-corrected chi connectivity index (χ1v) is 6.11. The largest absolute Gasteiger partial charge is 0.508 e. The van der Waals surface area contributed by atoms with Crippen LogP contribution in [0.3, 0.4) is 0 Å². The average Bonchev–Trinajstić information content (AvgIpc) is 3.04. The van der Waals surface area contributed by atoms with Gasteiger partial charge in [0, 0.05) is 5.38 Å². The number of phenols is 1. The molecule has 0 amide bonds. The van der Waals surface area contributed by atoms with E-state index in [4.69, 9.17) is 16.7 Å². The molecule has 15 heavy (non-hydrogen) atoms. The molecule has 1 aliphatic rings. The Labute approximate surface area is 96.1 Å². The van der Waals surface area contributed by atoms with Crippen LogP contribution in [0.15, 0.2) is 24.3 Å². The minimum atomic E-state index is 0.340. The Kier molecular flexibility index (Phi) is 3.53. The molecule has 0 radical (unpaired) electrons. The van der Waals surface area contributed by atoms with Crippen LogP contribution in [0.25, 0.3) is 0 Å². The van der Waals surface area contributed by atoms with E-state index in [1.165, 1.54) is 18.4 Å². The predicted molar refractivity (Wildman–Crippen MR) is 63.4 cm³/mol. The van der Waals surface area contributed by atoms with Gasteiger partial charge in [-0.2, -0.15) is 0 Å². The zero-order chi connectivity index (χ0) is 10.7. The van der Waals surface area contributed by atoms with Gasteiger partial charge in [-0.3, -0.25) is 0 Å². The van der Waals surface area contributed by atoms with E-state index in [0.29, 0.717) is 11.1 Å². The normalized spacial score (nSPS) is 17.7. The molecule has 1 aromatic carbocycles. The van der Waals surface area contributed by atoms with Crippen LogP contribution >= 0.6 is 11.6 Å². The van der Waals surface area contributed by atoms with E-state index in [-0.39, 0.29) is 0 Å². The van der Waals surface area contributed by atoms with E-state index >= 15 is 0 Å². The molecule has 0 aromatic heterocycles. The summed E-state index contributed by atoms with van der Waals surface area (Å²) in [4.78, 5) is 0. The number of aryl methyl sites for hydroxylation is 1. The molecule has 1 nitrogen and oxygen atoms in total. The fourth-order valence-corrected chi connectivity index (χ4v) is 2.26. The Bertz CT molecular complexity index is 303. The van der Waals surface area contributed by atoms with Crippen molar-refractivity contribution < 1.29 is 5.11 Å². The SMILES string of the molecule is Oc1ccc(CCCC(Cl)C2CC2)cc1. The smallest absolute Gasteiger partial charge is 0.115 e. The third-order valence-electron chi connectivity index (χ3n) is 3.02. The quantitative estimate of drug-likeness (QED) is 0.756. The number of alkyl halides is 1. The van der Waals surface area contributed by atoms with E-state index in [9.17, 15) is 0 Å². The van der Waals surface area contributed by atoms with Gasteiger partial charge in [-0.25, -0.2) is 0 Å². The highest BCUT2D eigenvalue weighted by Gasteiger charge is 2.28. The van der Waals surface area contributed by atoms with E-state index < -0.39 is 0 Å². The molecule has 0 aliphatic heterocycles. The summed E-state index contributed by atoms with van der Waals surface area (Å²) in [6.07, 6.45) is 5.99. The van der Waals surface area contributed by atoms with Crippen LogP contribution in [0, 0.1) is 5.92 Å². The molecular weight excluding hydrogens is 208 g/mol. The molecule has 1 N–H and O–H groups in total. The van der Waals surface area contributed by atoms with E-state index in [2.05, 4.69) is 0 Å². The second-order valence-corrected chi connectivity index (χ2v) is 4.97. The van der Waals surface area contributed by atoms with Crippen molar-refractivity contribution in [3.8, 4) is 5.75 Å². The van der Waals surface area contributed by atoms with Crippen molar-refractivity contribution >= 4 is 11.6 Å². The number of rotatable bonds is 5. The molecule has 0 spiro atoms. The molecule has 1 saturated carbocycles. The summed E-state index contributed by atoms with van der Waals surface area (Å²) < 4.78 is 0. The average molecular weight is 225 g/mol. The van der Waals surface area contributed by atoms with Gasteiger partial charge in [0.05, 0.1) is 0 Å². The zero-order valence-corrected chi connectivity index (χ0v) is 9.58.